The summed E-state index contributed by atoms with van der Waals surface area (Å²) in [6.07, 6.45) is 9.97. The number of hydrogen-bond acceptors (Lipinski definition) is 24. The fourth-order valence-electron chi connectivity index (χ4n) is 11.9. The minimum Gasteiger partial charge on any atom is -0.594 e. The van der Waals surface area contributed by atoms with Gasteiger partial charge in [-0.2, -0.15) is 8.42 Å². The molecule has 3 aromatic rings. The largest absolute Gasteiger partial charge is 0.594 e. The van der Waals surface area contributed by atoms with Gasteiger partial charge in [-0.05, 0) is 213 Å². The molecule has 38 heteroatoms. The van der Waals surface area contributed by atoms with Gasteiger partial charge in [0.1, 0.15) is 33.9 Å². The van der Waals surface area contributed by atoms with Crippen LogP contribution in [0.1, 0.15) is 183 Å². The van der Waals surface area contributed by atoms with E-state index >= 15 is 0 Å². The summed E-state index contributed by atoms with van der Waals surface area (Å²) in [6.45, 7) is 43.4. The molecule has 0 radical (unpaired) electrons. The number of amides is 3. The number of nitrogens with two attached hydrogens (primary N) is 2. The molecule has 4 atom stereocenters. The van der Waals surface area contributed by atoms with Crippen molar-refractivity contribution in [2.75, 3.05) is 118 Å². The molecule has 7 rings (SSSR count). The highest BCUT2D eigenvalue weighted by Gasteiger charge is 2.34. The number of methoxy groups -OCH3 is 2. The molecule has 646 valence electrons. The number of halogens is 1. The van der Waals surface area contributed by atoms with Gasteiger partial charge in [-0.3, -0.25) is 4.79 Å². The molecule has 7 N–H and O–H groups in total. The van der Waals surface area contributed by atoms with Crippen LogP contribution in [0.4, 0.5) is 20.1 Å². The Kier molecular flexibility index (Phi) is 42.1. The number of fused-ring (bicyclic) bond motifs is 1. The number of anilines is 1. The number of esters is 1. The van der Waals surface area contributed by atoms with Crippen molar-refractivity contribution in [3.05, 3.63) is 58.6 Å². The molecule has 4 aliphatic heterocycles. The summed E-state index contributed by atoms with van der Waals surface area (Å²) in [5.41, 5.74) is 12.7. The number of rotatable bonds is 20. The predicted molar refractivity (Wildman–Crippen MR) is 437 cm³/mol. The van der Waals surface area contributed by atoms with Gasteiger partial charge in [-0.25, -0.2) is 47.4 Å². The standard InChI is InChI=1S/C19H36N2O6S.C13H24N4O2.C13H26N2O2.C12H19N3O4S.C10H9ClN2O2.C8H19N3O2S/c1-14(12-20-28(24,25)13-16(22)26-18(2,3)4)15-8-10-21(11-9-15)17(23)27-19(5,6)7;1-10(9-15-16-14)11-5-7-17(8-6-11)12(18)19-13(2,3)4;1-10(9-14)11-5-7-15(8-6-11)12(16)17-13(2,3)4;1-12(2,3)19-11(16)13-20(17,18)15-8-6-10(7-9-15)14(4)5;1-14-8-3-6-7(4-9(8)15-2)12-5-13-10(6)11;1-7(6-11-14(9,12)13)8-2-4-10-5-3-8/h14-15,20H,8-13H2,1-7H3;10-11H,5-9H2,1-4H3;10-11H,5-9,14H2,1-4H3;6-9H,1-5H3;3-5H,1-2H3;7-8,10-11H,2-6H2,1H3,(H2,9,12,13). The number of sulfonamides is 1. The molecule has 6 heterocycles. The van der Waals surface area contributed by atoms with E-state index in [4.69, 9.17) is 61.2 Å². The van der Waals surface area contributed by atoms with Crippen molar-refractivity contribution in [2.24, 2.45) is 67.7 Å². The van der Waals surface area contributed by atoms with Crippen LogP contribution in [0.5, 0.6) is 11.5 Å². The lowest BCUT2D eigenvalue weighted by Crippen LogP contribution is -2.44. The van der Waals surface area contributed by atoms with Gasteiger partial charge in [0.25, 0.3) is 10.2 Å². The molecule has 1 aromatic carbocycles. The number of carbonyl (C=O) groups is 4. The summed E-state index contributed by atoms with van der Waals surface area (Å²) in [6, 6.07) is 6.72. The normalized spacial score (nSPS) is 17.0. The van der Waals surface area contributed by atoms with Crippen LogP contribution in [0, 0.1) is 47.3 Å². The van der Waals surface area contributed by atoms with Crippen LogP contribution in [-0.2, 0) is 58.9 Å². The molecule has 2 aromatic heterocycles. The Balaban J connectivity index is 0.000000467. The monoisotopic (exact) mass is 1680 g/mol. The van der Waals surface area contributed by atoms with Crippen LogP contribution in [0.25, 0.3) is 21.3 Å². The van der Waals surface area contributed by atoms with E-state index < -0.39 is 76.3 Å². The number of nitrogens with zero attached hydrogens (tertiary/aromatic N) is 11. The van der Waals surface area contributed by atoms with Gasteiger partial charge < -0.3 is 68.9 Å². The Morgan fingerprint density at radius 3 is 1.40 bits per heavy atom. The molecule has 4 aliphatic rings. The lowest BCUT2D eigenvalue weighted by Gasteiger charge is -2.35. The van der Waals surface area contributed by atoms with E-state index in [1.807, 2.05) is 93.1 Å². The number of hydrogen-bond donors (Lipinski definition) is 5. The van der Waals surface area contributed by atoms with E-state index in [-0.39, 0.29) is 30.7 Å². The van der Waals surface area contributed by atoms with Crippen molar-refractivity contribution in [1.82, 2.24) is 39.4 Å². The maximum atomic E-state index is 12.1. The third-order valence-electron chi connectivity index (χ3n) is 18.2. The van der Waals surface area contributed by atoms with E-state index in [9.17, 15) is 49.5 Å². The Bertz CT molecular complexity index is 3850. The topological polar surface area (TPSA) is 450 Å². The summed E-state index contributed by atoms with van der Waals surface area (Å²) in [5.74, 6) is 3.22. The first-order chi connectivity index (χ1) is 52.0. The molecule has 4 unspecified atom stereocenters. The Morgan fingerprint density at radius 1 is 0.628 bits per heavy atom. The first-order valence-electron chi connectivity index (χ1n) is 38.2. The minimum atomic E-state index is -4.13. The Hall–Kier alpha value is -7.09. The molecule has 113 heavy (non-hydrogen) atoms. The molecule has 0 spiro atoms. The van der Waals surface area contributed by atoms with Gasteiger partial charge >= 0.3 is 34.5 Å². The quantitative estimate of drug-likeness (QED) is 0.00808. The number of likely N-dealkylation sites (tertiary alicyclic amines) is 3. The summed E-state index contributed by atoms with van der Waals surface area (Å²) in [5, 5.41) is 24.3. The number of benzene rings is 1. The van der Waals surface area contributed by atoms with Crippen molar-refractivity contribution in [1.29, 1.82) is 0 Å². The number of aromatic nitrogens is 3. The minimum absolute atomic E-state index is 0.0919. The average molecular weight is 1680 g/mol. The van der Waals surface area contributed by atoms with Crippen LogP contribution in [0.2, 0.25) is 5.15 Å². The number of piperidine rings is 4. The van der Waals surface area contributed by atoms with Gasteiger partial charge in [0.05, 0.1) is 19.7 Å². The van der Waals surface area contributed by atoms with Crippen LogP contribution in [0.3, 0.4) is 0 Å². The molecule has 34 nitrogen and oxygen atoms in total. The summed E-state index contributed by atoms with van der Waals surface area (Å²) < 4.78 is 114. The number of carbonyl (C=O) groups excluding carboxylic acids is 4. The molecule has 4 fully saturated rings. The van der Waals surface area contributed by atoms with Gasteiger partial charge in [0.2, 0.25) is 10.0 Å². The molecule has 0 saturated carbocycles. The Labute approximate surface area is 677 Å². The number of nitrogens with one attached hydrogen (secondary N) is 3. The predicted octanol–water partition coefficient (Wildman–Crippen LogP) is 9.72. The van der Waals surface area contributed by atoms with E-state index in [1.54, 1.807) is 89.8 Å². The highest BCUT2D eigenvalue weighted by atomic mass is 35.5. The first-order valence-corrected chi connectivity index (χ1v) is 43.2. The van der Waals surface area contributed by atoms with E-state index in [0.29, 0.717) is 84.3 Å². The van der Waals surface area contributed by atoms with Gasteiger partial charge in [0, 0.05) is 113 Å². The smallest absolute Gasteiger partial charge is 0.493 e. The van der Waals surface area contributed by atoms with Gasteiger partial charge in [-0.1, -0.05) is 73.6 Å². The SMILES string of the molecule is CC(CN)C1CCN(C(=O)OC(C)(C)C)CC1.CC(CN=[N+]=[N-])C1CCN(C(=O)OC(C)(C)C)CC1.CC(CNS(=O)(=O)CC(=O)OC(C)(C)C)C1CCN(C(=O)OC(C)(C)C)CC1.CC(CNS(N)(=O)=O)C1CCNCC1.CN(C)c1cc[n+](S(=O)(=O)N=C([O-])OC(C)(C)C)cc1.COc1cc2ncnc(Cl)c2cc1OC. The van der Waals surface area contributed by atoms with Crippen molar-refractivity contribution in [2.45, 2.75) is 211 Å². The second-order valence-corrected chi connectivity index (χ2v) is 38.9. The van der Waals surface area contributed by atoms with Crippen molar-refractivity contribution < 1.29 is 86.7 Å². The van der Waals surface area contributed by atoms with Crippen LogP contribution < -0.4 is 49.1 Å². The molecular formula is C75H133ClN16O18S3. The van der Waals surface area contributed by atoms with Crippen LogP contribution in [0.15, 0.2) is 52.5 Å². The lowest BCUT2D eigenvalue weighted by atomic mass is 9.85. The zero-order valence-corrected chi connectivity index (χ0v) is 74.2. The van der Waals surface area contributed by atoms with Crippen molar-refractivity contribution in [3.63, 3.8) is 0 Å². The third kappa shape index (κ3) is 42.4. The Morgan fingerprint density at radius 2 is 1.02 bits per heavy atom. The summed E-state index contributed by atoms with van der Waals surface area (Å²) in [7, 11) is -4.58. The highest BCUT2D eigenvalue weighted by molar-refractivity contribution is 7.90. The van der Waals surface area contributed by atoms with Crippen molar-refractivity contribution >= 4 is 89.0 Å². The highest BCUT2D eigenvalue weighted by Crippen LogP contribution is 2.34. The molecule has 4 saturated heterocycles. The second kappa shape index (κ2) is 46.6. The average Bonchev–Trinajstić information content (AvgIpc) is 0.782. The maximum Gasteiger partial charge on any atom is 0.493 e. The van der Waals surface area contributed by atoms with Crippen LogP contribution >= 0.6 is 11.6 Å². The zero-order chi connectivity index (χ0) is 86.3. The first kappa shape index (κ1) is 102. The van der Waals surface area contributed by atoms with E-state index in [0.717, 1.165) is 118 Å². The molecule has 3 amide bonds. The van der Waals surface area contributed by atoms with Crippen LogP contribution in [-0.4, -0.2) is 221 Å². The number of pyridine rings is 1. The molecular weight excluding hydrogens is 1540 g/mol. The maximum absolute atomic E-state index is 12.1. The second-order valence-electron chi connectivity index (χ2n) is 33.9. The van der Waals surface area contributed by atoms with E-state index in [1.165, 1.54) is 18.7 Å². The fourth-order valence-corrected chi connectivity index (χ4v) is 14.3. The number of ether oxygens (including phenoxy) is 7. The lowest BCUT2D eigenvalue weighted by molar-refractivity contribution is -0.511. The van der Waals surface area contributed by atoms with Gasteiger partial charge in [0.15, 0.2) is 35.7 Å². The molecule has 0 bridgehead atoms. The third-order valence-corrected chi connectivity index (χ3v) is 21.4. The van der Waals surface area contributed by atoms with Crippen molar-refractivity contribution in [3.8, 4) is 11.5 Å². The fraction of sp³-hybridized carbons (Fsp3) is 0.760. The summed E-state index contributed by atoms with van der Waals surface area (Å²) >= 11 is 5.93. The molecule has 0 aliphatic carbocycles. The zero-order valence-electron chi connectivity index (χ0n) is 71.0. The van der Waals surface area contributed by atoms with Gasteiger partial charge in [-0.15, -0.1) is 8.42 Å². The van der Waals surface area contributed by atoms with E-state index in [2.05, 4.69) is 59.9 Å². The number of azide groups is 1. The summed E-state index contributed by atoms with van der Waals surface area (Å²) in [4.78, 5) is 65.5.